The topological polar surface area (TPSA) is 9.23 Å². The maximum absolute atomic E-state index is 6.63. The Balaban J connectivity index is 1.77. The summed E-state index contributed by atoms with van der Waals surface area (Å²) in [7, 11) is 0. The second-order valence-corrected chi connectivity index (χ2v) is 7.82. The zero-order valence-corrected chi connectivity index (χ0v) is 17.5. The van der Waals surface area contributed by atoms with Crippen molar-refractivity contribution in [3.8, 4) is 17.6 Å². The third kappa shape index (κ3) is 3.87. The van der Waals surface area contributed by atoms with Gasteiger partial charge in [0.25, 0.3) is 0 Å². The van der Waals surface area contributed by atoms with Gasteiger partial charge >= 0.3 is 0 Å². The van der Waals surface area contributed by atoms with Crippen LogP contribution in [-0.4, -0.2) is 0 Å². The van der Waals surface area contributed by atoms with Crippen LogP contribution in [0.15, 0.2) is 115 Å². The quantitative estimate of drug-likeness (QED) is 0.315. The number of benzene rings is 4. The number of halogens is 1. The largest absolute Gasteiger partial charge is 0.466 e. The molecule has 1 aliphatic rings. The number of hydrogen-bond donors (Lipinski definition) is 0. The molecule has 1 unspecified atom stereocenters. The van der Waals surface area contributed by atoms with Gasteiger partial charge in [-0.3, -0.25) is 0 Å². The van der Waals surface area contributed by atoms with Crippen LogP contribution in [0.25, 0.3) is 5.57 Å². The Bertz CT molecular complexity index is 1300. The van der Waals surface area contributed by atoms with Gasteiger partial charge in [-0.15, -0.1) is 0 Å². The number of fused-ring (bicyclic) bond motifs is 1. The van der Waals surface area contributed by atoms with Crippen LogP contribution < -0.4 is 4.74 Å². The fourth-order valence-electron chi connectivity index (χ4n) is 3.79. The molecule has 0 bridgehead atoms. The molecular formula is C29H19ClO. The first-order chi connectivity index (χ1) is 15.2. The third-order valence-electron chi connectivity index (χ3n) is 5.31. The molecule has 1 heterocycles. The van der Waals surface area contributed by atoms with Gasteiger partial charge in [0.05, 0.1) is 0 Å². The molecule has 5 rings (SSSR count). The lowest BCUT2D eigenvalue weighted by molar-refractivity contribution is 0.179. The van der Waals surface area contributed by atoms with Crippen molar-refractivity contribution in [3.05, 3.63) is 143 Å². The first-order valence-corrected chi connectivity index (χ1v) is 10.5. The summed E-state index contributed by atoms with van der Waals surface area (Å²) in [5.41, 5.74) is 4.15. The molecule has 31 heavy (non-hydrogen) atoms. The fourth-order valence-corrected chi connectivity index (χ4v) is 3.95. The van der Waals surface area contributed by atoms with E-state index in [4.69, 9.17) is 16.3 Å². The molecule has 0 aromatic heterocycles. The van der Waals surface area contributed by atoms with Gasteiger partial charge in [-0.2, -0.15) is 0 Å². The van der Waals surface area contributed by atoms with E-state index in [1.165, 1.54) is 0 Å². The Morgan fingerprint density at radius 2 is 1.35 bits per heavy atom. The van der Waals surface area contributed by atoms with E-state index in [2.05, 4.69) is 30.0 Å². The van der Waals surface area contributed by atoms with Crippen molar-refractivity contribution < 1.29 is 4.74 Å². The summed E-state index contributed by atoms with van der Waals surface area (Å²) in [5.74, 6) is 7.48. The van der Waals surface area contributed by atoms with Crippen LogP contribution in [-0.2, 0) is 5.60 Å². The summed E-state index contributed by atoms with van der Waals surface area (Å²) in [6.07, 6.45) is 2.13. The minimum atomic E-state index is -0.944. The second kappa shape index (κ2) is 8.19. The van der Waals surface area contributed by atoms with Crippen molar-refractivity contribution in [1.29, 1.82) is 0 Å². The Labute approximate surface area is 187 Å². The average molecular weight is 419 g/mol. The van der Waals surface area contributed by atoms with E-state index in [1.807, 2.05) is 97.1 Å². The molecule has 148 valence electrons. The SMILES string of the molecule is Clc1ccc2c(c1)OC(C#Cc1ccccc1)(c1ccccc1)C=C2c1ccccc1. The zero-order chi connectivity index (χ0) is 21.1. The molecule has 2 heteroatoms. The van der Waals surface area contributed by atoms with Gasteiger partial charge in [0.15, 0.2) is 0 Å². The minimum absolute atomic E-state index is 0.631. The molecule has 4 aromatic carbocycles. The van der Waals surface area contributed by atoms with Crippen molar-refractivity contribution in [2.75, 3.05) is 0 Å². The first-order valence-electron chi connectivity index (χ1n) is 10.1. The van der Waals surface area contributed by atoms with Crippen molar-refractivity contribution in [2.45, 2.75) is 5.60 Å². The van der Waals surface area contributed by atoms with E-state index in [9.17, 15) is 0 Å². The lowest BCUT2D eigenvalue weighted by Gasteiger charge is -2.34. The molecule has 0 fully saturated rings. The summed E-state index contributed by atoms with van der Waals surface area (Å²) in [5, 5.41) is 0.631. The van der Waals surface area contributed by atoms with Crippen LogP contribution in [0, 0.1) is 11.8 Å². The number of rotatable bonds is 2. The van der Waals surface area contributed by atoms with Crippen LogP contribution in [0.1, 0.15) is 22.3 Å². The highest BCUT2D eigenvalue weighted by molar-refractivity contribution is 6.30. The molecule has 0 amide bonds. The smallest absolute Gasteiger partial charge is 0.214 e. The second-order valence-electron chi connectivity index (χ2n) is 7.38. The highest BCUT2D eigenvalue weighted by Crippen LogP contribution is 2.44. The fraction of sp³-hybridized carbons (Fsp3) is 0.0345. The summed E-state index contributed by atoms with van der Waals surface area (Å²) >= 11 is 6.35. The average Bonchev–Trinajstić information content (AvgIpc) is 2.84. The van der Waals surface area contributed by atoms with E-state index in [-0.39, 0.29) is 0 Å². The lowest BCUT2D eigenvalue weighted by Crippen LogP contribution is -2.32. The molecule has 4 aromatic rings. The predicted molar refractivity (Wildman–Crippen MR) is 127 cm³/mol. The summed E-state index contributed by atoms with van der Waals surface area (Å²) < 4.78 is 6.63. The van der Waals surface area contributed by atoms with Crippen LogP contribution >= 0.6 is 11.6 Å². The van der Waals surface area contributed by atoms with Crippen LogP contribution in [0.4, 0.5) is 0 Å². The zero-order valence-electron chi connectivity index (χ0n) is 16.8. The molecule has 1 nitrogen and oxygen atoms in total. The third-order valence-corrected chi connectivity index (χ3v) is 5.54. The van der Waals surface area contributed by atoms with Gasteiger partial charge in [0.1, 0.15) is 5.75 Å². The van der Waals surface area contributed by atoms with E-state index >= 15 is 0 Å². The van der Waals surface area contributed by atoms with E-state index in [0.717, 1.165) is 33.6 Å². The molecule has 0 spiro atoms. The Morgan fingerprint density at radius 1 is 0.710 bits per heavy atom. The molecule has 0 radical (unpaired) electrons. The highest BCUT2D eigenvalue weighted by Gasteiger charge is 2.36. The van der Waals surface area contributed by atoms with Gasteiger partial charge in [-0.1, -0.05) is 96.4 Å². The number of ether oxygens (including phenoxy) is 1. The summed E-state index contributed by atoms with van der Waals surface area (Å²) in [6, 6.07) is 36.2. The monoisotopic (exact) mass is 418 g/mol. The maximum Gasteiger partial charge on any atom is 0.214 e. The molecule has 0 saturated carbocycles. The molecule has 1 aliphatic heterocycles. The Kier molecular flexibility index (Phi) is 5.08. The first kappa shape index (κ1) is 19.2. The Morgan fingerprint density at radius 3 is 2.06 bits per heavy atom. The molecule has 1 atom stereocenters. The predicted octanol–water partition coefficient (Wildman–Crippen LogP) is 7.11. The Hall–Kier alpha value is -3.73. The molecule has 0 aliphatic carbocycles. The molecule has 0 N–H and O–H groups in total. The van der Waals surface area contributed by atoms with Crippen molar-refractivity contribution in [1.82, 2.24) is 0 Å². The minimum Gasteiger partial charge on any atom is -0.466 e. The molecular weight excluding hydrogens is 400 g/mol. The van der Waals surface area contributed by atoms with Crippen molar-refractivity contribution in [2.24, 2.45) is 0 Å². The van der Waals surface area contributed by atoms with Gasteiger partial charge in [0, 0.05) is 21.7 Å². The van der Waals surface area contributed by atoms with Crippen LogP contribution in [0.5, 0.6) is 5.75 Å². The van der Waals surface area contributed by atoms with Gasteiger partial charge in [0.2, 0.25) is 5.60 Å². The normalized spacial score (nSPS) is 16.9. The van der Waals surface area contributed by atoms with E-state index in [0.29, 0.717) is 5.02 Å². The van der Waals surface area contributed by atoms with Crippen molar-refractivity contribution >= 4 is 17.2 Å². The number of hydrogen-bond acceptors (Lipinski definition) is 1. The standard InChI is InChI=1S/C29H19ClO/c30-25-16-17-26-27(23-12-6-2-7-13-23)21-29(31-28(26)20-25,24-14-8-3-9-15-24)19-18-22-10-4-1-5-11-22/h1-17,20-21H. The summed E-state index contributed by atoms with van der Waals surface area (Å²) in [6.45, 7) is 0. The van der Waals surface area contributed by atoms with Crippen LogP contribution in [0.3, 0.4) is 0 Å². The maximum atomic E-state index is 6.63. The summed E-state index contributed by atoms with van der Waals surface area (Å²) in [4.78, 5) is 0. The van der Waals surface area contributed by atoms with Crippen molar-refractivity contribution in [3.63, 3.8) is 0 Å². The van der Waals surface area contributed by atoms with E-state index < -0.39 is 5.60 Å². The van der Waals surface area contributed by atoms with Gasteiger partial charge in [-0.05, 0) is 53.5 Å². The van der Waals surface area contributed by atoms with Gasteiger partial charge in [-0.25, -0.2) is 0 Å². The van der Waals surface area contributed by atoms with E-state index in [1.54, 1.807) is 0 Å². The van der Waals surface area contributed by atoms with Gasteiger partial charge < -0.3 is 4.74 Å². The highest BCUT2D eigenvalue weighted by atomic mass is 35.5. The van der Waals surface area contributed by atoms with Crippen LogP contribution in [0.2, 0.25) is 5.02 Å². The molecule has 0 saturated heterocycles. The lowest BCUT2D eigenvalue weighted by atomic mass is 9.84.